The number of rotatable bonds is 2. The molecule has 2 rings (SSSR count). The molecular weight excluding hydrogens is 206 g/mol. The minimum atomic E-state index is 0.548. The Morgan fingerprint density at radius 3 is 2.69 bits per heavy atom. The summed E-state index contributed by atoms with van der Waals surface area (Å²) in [4.78, 5) is 6.53. The van der Waals surface area contributed by atoms with Crippen LogP contribution < -0.4 is 0 Å². The largest absolute Gasteiger partial charge is 0.296 e. The van der Waals surface area contributed by atoms with E-state index in [1.165, 1.54) is 43.9 Å². The van der Waals surface area contributed by atoms with Gasteiger partial charge >= 0.3 is 0 Å². The molecule has 0 bridgehead atoms. The lowest BCUT2D eigenvalue weighted by Gasteiger charge is -2.24. The minimum absolute atomic E-state index is 0.548. The number of piperidine rings is 1. The molecule has 0 radical (unpaired) electrons. The van der Waals surface area contributed by atoms with Crippen molar-refractivity contribution < 1.29 is 0 Å². The van der Waals surface area contributed by atoms with E-state index >= 15 is 0 Å². The van der Waals surface area contributed by atoms with Crippen molar-refractivity contribution in [3.8, 4) is 0 Å². The van der Waals surface area contributed by atoms with Gasteiger partial charge in [-0.15, -0.1) is 0 Å². The van der Waals surface area contributed by atoms with Gasteiger partial charge < -0.3 is 0 Å². The van der Waals surface area contributed by atoms with Crippen LogP contribution in [-0.2, 0) is 6.54 Å². The second-order valence-electron chi connectivity index (χ2n) is 3.30. The zero-order chi connectivity index (χ0) is 9.10. The average molecular weight is 218 g/mol. The predicted molar refractivity (Wildman–Crippen MR) is 54.0 cm³/mol. The topological polar surface area (TPSA) is 29.0 Å². The van der Waals surface area contributed by atoms with Crippen LogP contribution in [-0.4, -0.2) is 27.3 Å². The highest BCUT2D eigenvalue weighted by molar-refractivity contribution is 7.10. The summed E-state index contributed by atoms with van der Waals surface area (Å²) < 4.78 is 4.71. The lowest BCUT2D eigenvalue weighted by Crippen LogP contribution is -2.29. The van der Waals surface area contributed by atoms with E-state index in [-0.39, 0.29) is 0 Å². The van der Waals surface area contributed by atoms with Crippen molar-refractivity contribution in [3.05, 3.63) is 10.3 Å². The van der Waals surface area contributed by atoms with Gasteiger partial charge in [-0.2, -0.15) is 4.37 Å². The van der Waals surface area contributed by atoms with Gasteiger partial charge in [0.1, 0.15) is 0 Å². The second-order valence-corrected chi connectivity index (χ2v) is 4.63. The highest BCUT2D eigenvalue weighted by Crippen LogP contribution is 2.15. The lowest BCUT2D eigenvalue weighted by molar-refractivity contribution is 0.216. The van der Waals surface area contributed by atoms with Gasteiger partial charge in [0, 0.05) is 0 Å². The Kier molecular flexibility index (Phi) is 3.14. The van der Waals surface area contributed by atoms with Crippen LogP contribution in [0.5, 0.6) is 0 Å². The number of hydrogen-bond donors (Lipinski definition) is 0. The SMILES string of the molecule is Clc1nc(CN2CCCCC2)ns1. The highest BCUT2D eigenvalue weighted by atomic mass is 35.5. The molecule has 0 saturated carbocycles. The van der Waals surface area contributed by atoms with Gasteiger partial charge in [-0.05, 0) is 49.1 Å². The Morgan fingerprint density at radius 2 is 2.08 bits per heavy atom. The third-order valence-electron chi connectivity index (χ3n) is 2.26. The standard InChI is InChI=1S/C8H12ClN3S/c9-8-10-7(11-13-8)6-12-4-2-1-3-5-12/h1-6H2. The van der Waals surface area contributed by atoms with Gasteiger partial charge in [0.05, 0.1) is 6.54 Å². The first-order valence-corrected chi connectivity index (χ1v) is 5.70. The van der Waals surface area contributed by atoms with Crippen LogP contribution in [0.15, 0.2) is 0 Å². The third kappa shape index (κ3) is 2.62. The van der Waals surface area contributed by atoms with Gasteiger partial charge in [-0.3, -0.25) is 4.90 Å². The molecule has 0 spiro atoms. The molecule has 13 heavy (non-hydrogen) atoms. The number of halogens is 1. The Hall–Kier alpha value is -0.190. The molecule has 2 heterocycles. The summed E-state index contributed by atoms with van der Waals surface area (Å²) >= 11 is 6.98. The Labute approximate surface area is 86.9 Å². The fourth-order valence-electron chi connectivity index (χ4n) is 1.61. The van der Waals surface area contributed by atoms with Gasteiger partial charge in [0.25, 0.3) is 0 Å². The van der Waals surface area contributed by atoms with Crippen molar-refractivity contribution in [3.63, 3.8) is 0 Å². The van der Waals surface area contributed by atoms with Crippen LogP contribution in [0.4, 0.5) is 0 Å². The molecule has 0 unspecified atom stereocenters. The molecule has 0 aromatic carbocycles. The zero-order valence-corrected chi connectivity index (χ0v) is 8.94. The quantitative estimate of drug-likeness (QED) is 0.761. The molecule has 1 aromatic rings. The van der Waals surface area contributed by atoms with Crippen LogP contribution in [0.1, 0.15) is 25.1 Å². The molecule has 0 N–H and O–H groups in total. The van der Waals surface area contributed by atoms with E-state index in [1.807, 2.05) is 0 Å². The first kappa shape index (κ1) is 9.37. The van der Waals surface area contributed by atoms with Crippen molar-refractivity contribution >= 4 is 23.1 Å². The van der Waals surface area contributed by atoms with Crippen molar-refractivity contribution in [2.45, 2.75) is 25.8 Å². The molecule has 3 nitrogen and oxygen atoms in total. The second kappa shape index (κ2) is 4.35. The molecular formula is C8H12ClN3S. The van der Waals surface area contributed by atoms with Gasteiger partial charge in [-0.25, -0.2) is 4.98 Å². The summed E-state index contributed by atoms with van der Waals surface area (Å²) in [5, 5.41) is 0. The number of hydrogen-bond acceptors (Lipinski definition) is 4. The maximum Gasteiger partial charge on any atom is 0.203 e. The van der Waals surface area contributed by atoms with Gasteiger partial charge in [-0.1, -0.05) is 6.42 Å². The molecule has 72 valence electrons. The summed E-state index contributed by atoms with van der Waals surface area (Å²) in [6.07, 6.45) is 3.97. The van der Waals surface area contributed by atoms with E-state index in [4.69, 9.17) is 11.6 Å². The molecule has 1 aliphatic heterocycles. The van der Waals surface area contributed by atoms with Gasteiger partial charge in [0.15, 0.2) is 5.82 Å². The van der Waals surface area contributed by atoms with E-state index in [9.17, 15) is 0 Å². The van der Waals surface area contributed by atoms with Crippen molar-refractivity contribution in [2.24, 2.45) is 0 Å². The van der Waals surface area contributed by atoms with E-state index < -0.39 is 0 Å². The number of aromatic nitrogens is 2. The normalized spacial score (nSPS) is 19.2. The number of likely N-dealkylation sites (tertiary alicyclic amines) is 1. The summed E-state index contributed by atoms with van der Waals surface area (Å²) in [6.45, 7) is 3.22. The summed E-state index contributed by atoms with van der Waals surface area (Å²) in [5.74, 6) is 0.872. The average Bonchev–Trinajstić information content (AvgIpc) is 2.53. The maximum absolute atomic E-state index is 5.70. The van der Waals surface area contributed by atoms with Crippen molar-refractivity contribution in [1.82, 2.24) is 14.3 Å². The fraction of sp³-hybridized carbons (Fsp3) is 0.750. The zero-order valence-electron chi connectivity index (χ0n) is 7.37. The molecule has 1 aliphatic rings. The summed E-state index contributed by atoms with van der Waals surface area (Å²) in [7, 11) is 0. The van der Waals surface area contributed by atoms with Crippen LogP contribution in [0, 0.1) is 0 Å². The molecule has 1 fully saturated rings. The monoisotopic (exact) mass is 217 g/mol. The van der Waals surface area contributed by atoms with E-state index in [2.05, 4.69) is 14.3 Å². The number of nitrogens with zero attached hydrogens (tertiary/aromatic N) is 3. The maximum atomic E-state index is 5.70. The first-order valence-electron chi connectivity index (χ1n) is 4.55. The molecule has 5 heteroatoms. The molecule has 1 saturated heterocycles. The van der Waals surface area contributed by atoms with Crippen molar-refractivity contribution in [2.75, 3.05) is 13.1 Å². The first-order chi connectivity index (χ1) is 6.34. The van der Waals surface area contributed by atoms with Crippen LogP contribution in [0.3, 0.4) is 0 Å². The van der Waals surface area contributed by atoms with Crippen LogP contribution in [0.2, 0.25) is 4.47 Å². The van der Waals surface area contributed by atoms with Gasteiger partial charge in [0.2, 0.25) is 4.47 Å². The fourth-order valence-corrected chi connectivity index (χ4v) is 2.24. The predicted octanol–water partition coefficient (Wildman–Crippen LogP) is 2.18. The summed E-state index contributed by atoms with van der Waals surface area (Å²) in [6, 6.07) is 0. The van der Waals surface area contributed by atoms with E-state index in [1.54, 1.807) is 0 Å². The van der Waals surface area contributed by atoms with Crippen LogP contribution in [0.25, 0.3) is 0 Å². The highest BCUT2D eigenvalue weighted by Gasteiger charge is 2.12. The Morgan fingerprint density at radius 1 is 1.31 bits per heavy atom. The molecule has 0 amide bonds. The van der Waals surface area contributed by atoms with E-state index in [0.29, 0.717) is 4.47 Å². The Balaban J connectivity index is 1.89. The van der Waals surface area contributed by atoms with E-state index in [0.717, 1.165) is 12.4 Å². The summed E-state index contributed by atoms with van der Waals surface area (Å²) in [5.41, 5.74) is 0. The lowest BCUT2D eigenvalue weighted by atomic mass is 10.1. The Bertz CT molecular complexity index is 270. The molecule has 1 aromatic heterocycles. The minimum Gasteiger partial charge on any atom is -0.296 e. The van der Waals surface area contributed by atoms with Crippen LogP contribution >= 0.6 is 23.1 Å². The smallest absolute Gasteiger partial charge is 0.203 e. The van der Waals surface area contributed by atoms with Crippen molar-refractivity contribution in [1.29, 1.82) is 0 Å². The molecule has 0 aliphatic carbocycles. The third-order valence-corrected chi connectivity index (χ3v) is 3.09. The molecule has 0 atom stereocenters.